The molecule has 0 aliphatic carbocycles. The third-order valence-corrected chi connectivity index (χ3v) is 3.25. The van der Waals surface area contributed by atoms with Gasteiger partial charge >= 0.3 is 6.18 Å². The zero-order valence-electron chi connectivity index (χ0n) is 12.2. The van der Waals surface area contributed by atoms with E-state index in [1.165, 1.54) is 18.2 Å². The summed E-state index contributed by atoms with van der Waals surface area (Å²) in [5.74, 6) is -0.534. The predicted molar refractivity (Wildman–Crippen MR) is 82.0 cm³/mol. The quantitative estimate of drug-likeness (QED) is 0.763. The van der Waals surface area contributed by atoms with Gasteiger partial charge in [-0.3, -0.25) is 9.89 Å². The molecular weight excluding hydrogens is 323 g/mol. The van der Waals surface area contributed by atoms with E-state index in [0.717, 1.165) is 5.39 Å². The summed E-state index contributed by atoms with van der Waals surface area (Å²) in [6.07, 6.45) is -2.88. The Morgan fingerprint density at radius 1 is 1.17 bits per heavy atom. The van der Waals surface area contributed by atoms with Gasteiger partial charge in [0.1, 0.15) is 5.75 Å². The minimum atomic E-state index is -4.46. The average Bonchev–Trinajstić information content (AvgIpc) is 3.01. The zero-order chi connectivity index (χ0) is 17.2. The first kappa shape index (κ1) is 15.9. The molecule has 1 aromatic heterocycles. The molecule has 0 radical (unpaired) electrons. The lowest BCUT2D eigenvalue weighted by atomic mass is 10.1. The fourth-order valence-corrected chi connectivity index (χ4v) is 2.20. The van der Waals surface area contributed by atoms with Crippen LogP contribution in [0.3, 0.4) is 0 Å². The molecule has 0 aliphatic rings. The lowest BCUT2D eigenvalue weighted by molar-refractivity contribution is -0.153. The van der Waals surface area contributed by atoms with Crippen LogP contribution < -0.4 is 10.1 Å². The van der Waals surface area contributed by atoms with Crippen molar-refractivity contribution in [3.05, 3.63) is 54.2 Å². The number of fused-ring (bicyclic) bond motifs is 1. The number of nitrogens with one attached hydrogen (secondary N) is 2. The molecule has 2 N–H and O–H groups in total. The molecule has 124 valence electrons. The van der Waals surface area contributed by atoms with E-state index < -0.39 is 18.7 Å². The number of carbonyl (C=O) groups excluding carboxylic acids is 1. The Hall–Kier alpha value is -3.03. The van der Waals surface area contributed by atoms with Crippen molar-refractivity contribution in [2.75, 3.05) is 11.9 Å². The number of amides is 1. The van der Waals surface area contributed by atoms with Crippen molar-refractivity contribution in [1.82, 2.24) is 10.2 Å². The van der Waals surface area contributed by atoms with Crippen LogP contribution in [0.5, 0.6) is 5.75 Å². The van der Waals surface area contributed by atoms with E-state index in [-0.39, 0.29) is 11.4 Å². The first-order chi connectivity index (χ1) is 11.4. The van der Waals surface area contributed by atoms with Crippen molar-refractivity contribution in [2.45, 2.75) is 6.18 Å². The lowest BCUT2D eigenvalue weighted by Gasteiger charge is -2.14. The highest BCUT2D eigenvalue weighted by molar-refractivity contribution is 6.12. The molecule has 0 bridgehead atoms. The Labute approximate surface area is 134 Å². The van der Waals surface area contributed by atoms with Gasteiger partial charge in [-0.25, -0.2) is 0 Å². The number of para-hydroxylation sites is 3. The molecule has 1 heterocycles. The van der Waals surface area contributed by atoms with Crippen molar-refractivity contribution in [1.29, 1.82) is 0 Å². The Morgan fingerprint density at radius 2 is 1.96 bits per heavy atom. The molecule has 0 unspecified atom stereocenters. The van der Waals surface area contributed by atoms with E-state index in [1.807, 2.05) is 0 Å². The second kappa shape index (κ2) is 6.23. The van der Waals surface area contributed by atoms with Crippen LogP contribution in [-0.2, 0) is 0 Å². The summed E-state index contributed by atoms with van der Waals surface area (Å²) < 4.78 is 41.7. The highest BCUT2D eigenvalue weighted by Crippen LogP contribution is 2.27. The van der Waals surface area contributed by atoms with Crippen LogP contribution in [-0.4, -0.2) is 28.9 Å². The van der Waals surface area contributed by atoms with Crippen molar-refractivity contribution >= 4 is 22.5 Å². The molecule has 5 nitrogen and oxygen atoms in total. The monoisotopic (exact) mass is 335 g/mol. The van der Waals surface area contributed by atoms with Gasteiger partial charge in [0.25, 0.3) is 5.91 Å². The van der Waals surface area contributed by atoms with Crippen LogP contribution in [0, 0.1) is 0 Å². The number of hydrogen-bond donors (Lipinski definition) is 2. The number of benzene rings is 2. The Balaban J connectivity index is 1.83. The molecule has 0 saturated heterocycles. The van der Waals surface area contributed by atoms with E-state index >= 15 is 0 Å². The maximum atomic E-state index is 12.4. The van der Waals surface area contributed by atoms with E-state index in [2.05, 4.69) is 15.5 Å². The first-order valence-electron chi connectivity index (χ1n) is 6.96. The number of nitrogens with zero attached hydrogens (tertiary/aromatic N) is 1. The van der Waals surface area contributed by atoms with Gasteiger partial charge in [-0.05, 0) is 18.2 Å². The van der Waals surface area contributed by atoms with Crippen molar-refractivity contribution < 1.29 is 22.7 Å². The molecule has 3 aromatic rings. The topological polar surface area (TPSA) is 67.0 Å². The van der Waals surface area contributed by atoms with E-state index in [4.69, 9.17) is 4.74 Å². The number of carbonyl (C=O) groups is 1. The van der Waals surface area contributed by atoms with Gasteiger partial charge in [-0.1, -0.05) is 24.3 Å². The normalized spacial score (nSPS) is 11.5. The zero-order valence-corrected chi connectivity index (χ0v) is 12.2. The molecule has 2 aromatic carbocycles. The van der Waals surface area contributed by atoms with Gasteiger partial charge in [0, 0.05) is 5.39 Å². The fourth-order valence-electron chi connectivity index (χ4n) is 2.20. The van der Waals surface area contributed by atoms with Gasteiger partial charge in [0.05, 0.1) is 23.0 Å². The lowest BCUT2D eigenvalue weighted by Crippen LogP contribution is -2.20. The second-order valence-electron chi connectivity index (χ2n) is 4.99. The minimum Gasteiger partial charge on any atom is -0.482 e. The Bertz CT molecular complexity index is 874. The Morgan fingerprint density at radius 3 is 2.75 bits per heavy atom. The van der Waals surface area contributed by atoms with Crippen LogP contribution in [0.25, 0.3) is 10.9 Å². The summed E-state index contributed by atoms with van der Waals surface area (Å²) in [6.45, 7) is -1.43. The number of ether oxygens (including phenoxy) is 1. The molecule has 1 amide bonds. The number of halogens is 3. The average molecular weight is 335 g/mol. The highest BCUT2D eigenvalue weighted by Gasteiger charge is 2.29. The molecule has 8 heteroatoms. The van der Waals surface area contributed by atoms with Crippen molar-refractivity contribution in [3.8, 4) is 5.75 Å². The predicted octanol–water partition coefficient (Wildman–Crippen LogP) is 3.76. The van der Waals surface area contributed by atoms with Crippen LogP contribution in [0.1, 0.15) is 10.4 Å². The summed E-state index contributed by atoms with van der Waals surface area (Å²) >= 11 is 0. The van der Waals surface area contributed by atoms with Crippen LogP contribution in [0.2, 0.25) is 0 Å². The number of hydrogen-bond acceptors (Lipinski definition) is 3. The van der Waals surface area contributed by atoms with Crippen LogP contribution in [0.15, 0.2) is 48.7 Å². The first-order valence-corrected chi connectivity index (χ1v) is 6.96. The van der Waals surface area contributed by atoms with Gasteiger partial charge in [-0.2, -0.15) is 18.3 Å². The van der Waals surface area contributed by atoms with E-state index in [0.29, 0.717) is 11.1 Å². The number of aromatic amines is 1. The minimum absolute atomic E-state index is 0.0556. The maximum absolute atomic E-state index is 12.4. The second-order valence-corrected chi connectivity index (χ2v) is 4.99. The summed E-state index contributed by atoms with van der Waals surface area (Å²) in [7, 11) is 0. The van der Waals surface area contributed by atoms with Crippen LogP contribution >= 0.6 is 0 Å². The molecule has 0 fully saturated rings. The largest absolute Gasteiger partial charge is 0.482 e. The van der Waals surface area contributed by atoms with Gasteiger partial charge in [-0.15, -0.1) is 0 Å². The molecule has 0 saturated carbocycles. The molecule has 0 atom stereocenters. The van der Waals surface area contributed by atoms with Crippen LogP contribution in [0.4, 0.5) is 18.9 Å². The summed E-state index contributed by atoms with van der Waals surface area (Å²) in [5, 5.41) is 9.91. The van der Waals surface area contributed by atoms with Gasteiger partial charge in [0.2, 0.25) is 0 Å². The fraction of sp³-hybridized carbons (Fsp3) is 0.125. The maximum Gasteiger partial charge on any atom is 0.422 e. The molecular formula is C16H12F3N3O2. The molecule has 3 rings (SSSR count). The number of rotatable bonds is 4. The number of H-pyrrole nitrogens is 1. The highest BCUT2D eigenvalue weighted by atomic mass is 19.4. The molecule has 0 aliphatic heterocycles. The standard InChI is InChI=1S/C16H12F3N3O2/c17-16(18,19)9-24-13-7-2-1-6-12(13)21-15(23)11-5-3-4-10-8-20-22-14(10)11/h1-8H,9H2,(H,20,22)(H,21,23). The molecule has 0 spiro atoms. The third-order valence-electron chi connectivity index (χ3n) is 3.25. The smallest absolute Gasteiger partial charge is 0.422 e. The number of alkyl halides is 3. The summed E-state index contributed by atoms with van der Waals surface area (Å²) in [6, 6.07) is 11.0. The van der Waals surface area contributed by atoms with Crippen molar-refractivity contribution in [2.24, 2.45) is 0 Å². The van der Waals surface area contributed by atoms with E-state index in [1.54, 1.807) is 30.5 Å². The SMILES string of the molecule is O=C(Nc1ccccc1OCC(F)(F)F)c1cccc2cn[nH]c12. The molecule has 24 heavy (non-hydrogen) atoms. The van der Waals surface area contributed by atoms with Gasteiger partial charge < -0.3 is 10.1 Å². The number of aromatic nitrogens is 2. The van der Waals surface area contributed by atoms with Crippen molar-refractivity contribution in [3.63, 3.8) is 0 Å². The summed E-state index contributed by atoms with van der Waals surface area (Å²) in [4.78, 5) is 12.4. The van der Waals surface area contributed by atoms with Gasteiger partial charge in [0.15, 0.2) is 6.61 Å². The van der Waals surface area contributed by atoms with E-state index in [9.17, 15) is 18.0 Å². The Kier molecular flexibility index (Phi) is 4.11. The summed E-state index contributed by atoms with van der Waals surface area (Å²) in [5.41, 5.74) is 1.03. The number of anilines is 1. The third kappa shape index (κ3) is 3.48.